The van der Waals surface area contributed by atoms with Gasteiger partial charge in [0.1, 0.15) is 0 Å². The fraction of sp³-hybridized carbons (Fsp3) is 0.565. The van der Waals surface area contributed by atoms with Gasteiger partial charge in [-0.15, -0.1) is 11.8 Å². The molecule has 0 aromatic heterocycles. The molecule has 1 aromatic rings. The van der Waals surface area contributed by atoms with Gasteiger partial charge in [-0.2, -0.15) is 19.6 Å². The number of unbranched alkanes of at least 4 members (excludes halogenated alkanes) is 1. The van der Waals surface area contributed by atoms with Crippen molar-refractivity contribution in [3.63, 3.8) is 0 Å². The standard InChI is InChI=1S/C11H11S.3C4H9.Al.Li/c1-10(2)8-9-12-11-6-4-3-5-7-11;2*1-4(2)3;1-3-4-2;;/h3-8H,1H2,2H3;2*4H,1H2,2-3H3;1,3-4H2,2H3;;/q;;;;-1;+1. The van der Waals surface area contributed by atoms with Crippen molar-refractivity contribution in [2.75, 3.05) is 0 Å². The van der Waals surface area contributed by atoms with Crippen LogP contribution in [0.15, 0.2) is 57.2 Å². The predicted molar refractivity (Wildman–Crippen MR) is 120 cm³/mol. The molecule has 0 bridgehead atoms. The average Bonchev–Trinajstić information content (AvgIpc) is 2.51. The largest absolute Gasteiger partial charge is 1.00 e. The summed E-state index contributed by atoms with van der Waals surface area (Å²) in [6.45, 7) is 18.3. The Balaban J connectivity index is 0.00000625. The zero-order valence-electron chi connectivity index (χ0n) is 18.3. The van der Waals surface area contributed by atoms with Gasteiger partial charge in [0.05, 0.1) is 0 Å². The molecule has 0 aliphatic carbocycles. The molecule has 0 saturated carbocycles. The van der Waals surface area contributed by atoms with Crippen molar-refractivity contribution in [3.05, 3.63) is 52.3 Å². The number of rotatable bonds is 11. The Kier molecular flexibility index (Phi) is 13.5. The van der Waals surface area contributed by atoms with Crippen molar-refractivity contribution in [1.82, 2.24) is 0 Å². The summed E-state index contributed by atoms with van der Waals surface area (Å²) >= 11 is 0.115. The molecule has 0 atom stereocenters. The molecule has 0 heterocycles. The zero-order valence-corrected chi connectivity index (χ0v) is 20.3. The Bertz CT molecular complexity index is 539. The third-order valence-electron chi connectivity index (χ3n) is 4.93. The number of hydrogen-bond acceptors (Lipinski definition) is 1. The Labute approximate surface area is 182 Å². The van der Waals surface area contributed by atoms with Gasteiger partial charge in [-0.3, -0.25) is 0 Å². The van der Waals surface area contributed by atoms with Crippen LogP contribution in [0.4, 0.5) is 0 Å². The van der Waals surface area contributed by atoms with Crippen LogP contribution in [0.1, 0.15) is 54.4 Å². The number of thioether (sulfide) groups is 1. The first kappa shape index (κ1) is 26.2. The molecule has 0 radical (unpaired) electrons. The summed E-state index contributed by atoms with van der Waals surface area (Å²) < 4.78 is 1.68. The minimum Gasteiger partial charge on any atom is -0.195 e. The van der Waals surface area contributed by atoms with Crippen LogP contribution in [0.3, 0.4) is 0 Å². The Hall–Kier alpha value is 0.180. The van der Waals surface area contributed by atoms with E-state index in [0.29, 0.717) is 0 Å². The smallest absolute Gasteiger partial charge is 0.195 e. The number of allylic oxidation sites excluding steroid dienone is 2. The molecule has 0 aliphatic heterocycles. The van der Waals surface area contributed by atoms with Gasteiger partial charge < -0.3 is 0 Å². The Morgan fingerprint density at radius 3 is 2.04 bits per heavy atom. The summed E-state index contributed by atoms with van der Waals surface area (Å²) in [5, 5.41) is 4.28. The van der Waals surface area contributed by atoms with Crippen molar-refractivity contribution in [2.24, 2.45) is 11.8 Å². The van der Waals surface area contributed by atoms with Crippen LogP contribution in [0.2, 0.25) is 15.8 Å². The SMILES string of the molecule is C=C(C)/C=[C](\Sc1ccccc1)[Al-]([CH2]CCC)([CH2]C(C)C)[CH2]C(C)C.[Li+]. The first-order valence-corrected chi connectivity index (χ1v) is 13.9. The van der Waals surface area contributed by atoms with Gasteiger partial charge in [-0.25, -0.2) is 0 Å². The average molecular weight is 381 g/mol. The van der Waals surface area contributed by atoms with Crippen molar-refractivity contribution in [2.45, 2.75) is 75.1 Å². The van der Waals surface area contributed by atoms with Crippen LogP contribution in [0, 0.1) is 11.8 Å². The molecule has 3 heteroatoms. The van der Waals surface area contributed by atoms with E-state index >= 15 is 0 Å². The maximum absolute atomic E-state index is 4.23. The summed E-state index contributed by atoms with van der Waals surface area (Å²) in [6.07, 6.45) is 5.10. The van der Waals surface area contributed by atoms with E-state index in [1.165, 1.54) is 39.2 Å². The second kappa shape index (κ2) is 13.4. The van der Waals surface area contributed by atoms with E-state index in [0.717, 1.165) is 11.8 Å². The van der Waals surface area contributed by atoms with Gasteiger partial charge in [0.25, 0.3) is 0 Å². The molecular formula is C23H38AlLiS. The van der Waals surface area contributed by atoms with Gasteiger partial charge >= 0.3 is 18.9 Å². The van der Waals surface area contributed by atoms with E-state index in [-0.39, 0.29) is 18.9 Å². The fourth-order valence-corrected chi connectivity index (χ4v) is 14.3. The minimum atomic E-state index is -1.92. The maximum Gasteiger partial charge on any atom is 1.00 e. The monoisotopic (exact) mass is 380 g/mol. The van der Waals surface area contributed by atoms with Gasteiger partial charge in [0, 0.05) is 4.90 Å². The molecule has 1 rings (SSSR count). The van der Waals surface area contributed by atoms with E-state index in [1.54, 1.807) is 3.77 Å². The van der Waals surface area contributed by atoms with Gasteiger partial charge in [-0.1, -0.05) is 95.7 Å². The van der Waals surface area contributed by atoms with Crippen LogP contribution >= 0.6 is 11.8 Å². The van der Waals surface area contributed by atoms with Crippen LogP contribution < -0.4 is 18.9 Å². The summed E-state index contributed by atoms with van der Waals surface area (Å²) in [5.74, 6) is 1.54. The minimum absolute atomic E-state index is 0. The van der Waals surface area contributed by atoms with E-state index in [4.69, 9.17) is 0 Å². The Morgan fingerprint density at radius 2 is 1.62 bits per heavy atom. The molecule has 0 aliphatic rings. The Morgan fingerprint density at radius 1 is 1.08 bits per heavy atom. The molecule has 0 amide bonds. The molecule has 0 nitrogen and oxygen atoms in total. The molecule has 0 unspecified atom stereocenters. The molecule has 26 heavy (non-hydrogen) atoms. The van der Waals surface area contributed by atoms with Crippen LogP contribution in [0.5, 0.6) is 0 Å². The summed E-state index contributed by atoms with van der Waals surface area (Å²) in [4.78, 5) is 1.38. The van der Waals surface area contributed by atoms with Crippen molar-refractivity contribution < 1.29 is 18.9 Å². The summed E-state index contributed by atoms with van der Waals surface area (Å²) in [7, 11) is 0. The quantitative estimate of drug-likeness (QED) is 0.284. The van der Waals surface area contributed by atoms with Crippen LogP contribution in [-0.4, -0.2) is 13.1 Å². The zero-order chi connectivity index (χ0) is 18.9. The second-order valence-corrected chi connectivity index (χ2v) is 15.4. The molecule has 0 saturated heterocycles. The molecular weight excluding hydrogens is 342 g/mol. The molecule has 0 spiro atoms. The molecule has 140 valence electrons. The third kappa shape index (κ3) is 9.40. The predicted octanol–water partition coefficient (Wildman–Crippen LogP) is 5.34. The van der Waals surface area contributed by atoms with Crippen LogP contribution in [0.25, 0.3) is 0 Å². The van der Waals surface area contributed by atoms with E-state index in [2.05, 4.69) is 84.5 Å². The topological polar surface area (TPSA) is 0 Å². The van der Waals surface area contributed by atoms with Gasteiger partial charge in [0.2, 0.25) is 0 Å². The normalized spacial score (nSPS) is 12.4. The summed E-state index contributed by atoms with van der Waals surface area (Å²) in [6, 6.07) is 10.9. The van der Waals surface area contributed by atoms with E-state index in [1.807, 2.05) is 11.8 Å². The van der Waals surface area contributed by atoms with Crippen molar-refractivity contribution in [1.29, 1.82) is 0 Å². The van der Waals surface area contributed by atoms with Crippen molar-refractivity contribution >= 4 is 24.8 Å². The molecule has 1 aromatic carbocycles. The number of hydrogen-bond donors (Lipinski definition) is 0. The van der Waals surface area contributed by atoms with Gasteiger partial charge in [0.15, 0.2) is 13.1 Å². The second-order valence-electron chi connectivity index (χ2n) is 8.69. The molecule has 0 N–H and O–H groups in total. The first-order chi connectivity index (χ1) is 11.8. The van der Waals surface area contributed by atoms with E-state index < -0.39 is 13.1 Å². The van der Waals surface area contributed by atoms with Gasteiger partial charge in [-0.05, 0) is 19.1 Å². The third-order valence-corrected chi connectivity index (χ3v) is 14.2. The fourth-order valence-electron chi connectivity index (χ4n) is 4.30. The van der Waals surface area contributed by atoms with E-state index in [9.17, 15) is 0 Å². The van der Waals surface area contributed by atoms with Crippen LogP contribution in [-0.2, 0) is 0 Å². The van der Waals surface area contributed by atoms with Crippen molar-refractivity contribution in [3.8, 4) is 0 Å². The molecule has 0 fully saturated rings. The number of benzene rings is 1. The summed E-state index contributed by atoms with van der Waals surface area (Å²) in [5.41, 5.74) is 1.20. The maximum atomic E-state index is 4.23. The first-order valence-electron chi connectivity index (χ1n) is 10.1.